The van der Waals surface area contributed by atoms with E-state index in [-0.39, 0.29) is 18.4 Å². The highest BCUT2D eigenvalue weighted by Crippen LogP contribution is 2.19. The first-order valence-corrected chi connectivity index (χ1v) is 10.2. The van der Waals surface area contributed by atoms with Crippen LogP contribution in [0.5, 0.6) is 5.75 Å². The first-order valence-electron chi connectivity index (χ1n) is 10.2. The van der Waals surface area contributed by atoms with Crippen LogP contribution in [-0.4, -0.2) is 25.0 Å². The van der Waals surface area contributed by atoms with Crippen LogP contribution < -0.4 is 15.4 Å². The molecule has 0 atom stereocenters. The van der Waals surface area contributed by atoms with Gasteiger partial charge in [0.05, 0.1) is 18.7 Å². The molecule has 0 bridgehead atoms. The molecule has 1 amide bonds. The zero-order valence-corrected chi connectivity index (χ0v) is 17.5. The normalized spacial score (nSPS) is 10.2. The van der Waals surface area contributed by atoms with E-state index in [1.165, 1.54) is 0 Å². The van der Waals surface area contributed by atoms with E-state index in [1.807, 2.05) is 55.5 Å². The van der Waals surface area contributed by atoms with Gasteiger partial charge in [-0.2, -0.15) is 0 Å². The number of rotatable bonds is 10. The zero-order valence-electron chi connectivity index (χ0n) is 17.5. The minimum Gasteiger partial charge on any atom is -0.489 e. The topological polar surface area (TPSA) is 76.7 Å². The van der Waals surface area contributed by atoms with Gasteiger partial charge in [-0.15, -0.1) is 0 Å². The Labute approximate surface area is 182 Å². The fourth-order valence-corrected chi connectivity index (χ4v) is 2.79. The molecule has 160 valence electrons. The molecule has 3 rings (SSSR count). The minimum atomic E-state index is -0.347. The molecule has 6 heteroatoms. The van der Waals surface area contributed by atoms with E-state index < -0.39 is 0 Å². The molecule has 0 aliphatic heterocycles. The van der Waals surface area contributed by atoms with E-state index in [1.54, 1.807) is 30.3 Å². The number of anilines is 2. The highest BCUT2D eigenvalue weighted by Gasteiger charge is 2.07. The van der Waals surface area contributed by atoms with Crippen molar-refractivity contribution < 1.29 is 19.1 Å². The Balaban J connectivity index is 1.46. The standard InChI is InChI=1S/C25H26N2O4/c1-2-15-30-25(29)20-11-13-21(14-12-20)26-17-24(28)27-22-9-6-10-23(16-22)31-18-19-7-4-3-5-8-19/h3-14,16,26H,2,15,17-18H2,1H3,(H,27,28). The van der Waals surface area contributed by atoms with Gasteiger partial charge in [-0.1, -0.05) is 43.3 Å². The largest absolute Gasteiger partial charge is 0.489 e. The summed E-state index contributed by atoms with van der Waals surface area (Å²) in [6.07, 6.45) is 0.780. The Bertz CT molecular complexity index is 988. The number of hydrogen-bond acceptors (Lipinski definition) is 5. The van der Waals surface area contributed by atoms with E-state index in [0.717, 1.165) is 17.7 Å². The Hall–Kier alpha value is -3.80. The molecule has 3 aromatic carbocycles. The van der Waals surface area contributed by atoms with Crippen molar-refractivity contribution in [3.05, 3.63) is 90.0 Å². The van der Waals surface area contributed by atoms with Gasteiger partial charge in [0.2, 0.25) is 5.91 Å². The van der Waals surface area contributed by atoms with Crippen LogP contribution in [0.1, 0.15) is 29.3 Å². The van der Waals surface area contributed by atoms with Crippen molar-refractivity contribution in [3.63, 3.8) is 0 Å². The lowest BCUT2D eigenvalue weighted by Gasteiger charge is -2.11. The second kappa shape index (κ2) is 11.4. The predicted octanol–water partition coefficient (Wildman–Crippen LogP) is 4.88. The van der Waals surface area contributed by atoms with Gasteiger partial charge in [0.25, 0.3) is 0 Å². The maximum atomic E-state index is 12.3. The molecule has 2 N–H and O–H groups in total. The van der Waals surface area contributed by atoms with Crippen LogP contribution in [0.25, 0.3) is 0 Å². The van der Waals surface area contributed by atoms with Gasteiger partial charge in [-0.05, 0) is 48.4 Å². The van der Waals surface area contributed by atoms with E-state index in [0.29, 0.717) is 30.2 Å². The number of carbonyl (C=O) groups is 2. The molecule has 0 aromatic heterocycles. The molecule has 0 aliphatic rings. The summed E-state index contributed by atoms with van der Waals surface area (Å²) in [6.45, 7) is 2.90. The van der Waals surface area contributed by atoms with Crippen LogP contribution in [-0.2, 0) is 16.1 Å². The van der Waals surface area contributed by atoms with Crippen LogP contribution in [0.15, 0.2) is 78.9 Å². The number of esters is 1. The number of hydrogen-bond donors (Lipinski definition) is 2. The molecule has 0 unspecified atom stereocenters. The van der Waals surface area contributed by atoms with Crippen molar-refractivity contribution in [2.45, 2.75) is 20.0 Å². The van der Waals surface area contributed by atoms with Crippen LogP contribution >= 0.6 is 0 Å². The van der Waals surface area contributed by atoms with Crippen LogP contribution in [0.4, 0.5) is 11.4 Å². The monoisotopic (exact) mass is 418 g/mol. The van der Waals surface area contributed by atoms with Crippen molar-refractivity contribution in [2.24, 2.45) is 0 Å². The molecule has 31 heavy (non-hydrogen) atoms. The van der Waals surface area contributed by atoms with Gasteiger partial charge in [0.15, 0.2) is 0 Å². The first-order chi connectivity index (χ1) is 15.1. The second-order valence-corrected chi connectivity index (χ2v) is 6.92. The Morgan fingerprint density at radius 3 is 2.39 bits per heavy atom. The minimum absolute atomic E-state index is 0.0920. The summed E-state index contributed by atoms with van der Waals surface area (Å²) in [5.74, 6) is 0.146. The van der Waals surface area contributed by atoms with E-state index in [4.69, 9.17) is 9.47 Å². The van der Waals surface area contributed by atoms with Gasteiger partial charge in [0, 0.05) is 17.4 Å². The molecule has 0 saturated heterocycles. The smallest absolute Gasteiger partial charge is 0.338 e. The second-order valence-electron chi connectivity index (χ2n) is 6.92. The van der Waals surface area contributed by atoms with Gasteiger partial charge in [0.1, 0.15) is 12.4 Å². The third kappa shape index (κ3) is 7.19. The maximum Gasteiger partial charge on any atom is 0.338 e. The molecule has 6 nitrogen and oxygen atoms in total. The van der Waals surface area contributed by atoms with E-state index in [2.05, 4.69) is 10.6 Å². The molecular weight excluding hydrogens is 392 g/mol. The zero-order chi connectivity index (χ0) is 21.9. The summed E-state index contributed by atoms with van der Waals surface area (Å²) >= 11 is 0. The highest BCUT2D eigenvalue weighted by atomic mass is 16.5. The molecule has 0 saturated carbocycles. The van der Waals surface area contributed by atoms with Gasteiger partial charge in [-0.3, -0.25) is 4.79 Å². The van der Waals surface area contributed by atoms with Crippen LogP contribution in [0.2, 0.25) is 0 Å². The number of ether oxygens (including phenoxy) is 2. The number of carbonyl (C=O) groups excluding carboxylic acids is 2. The number of amides is 1. The predicted molar refractivity (Wildman–Crippen MR) is 121 cm³/mol. The molecular formula is C25H26N2O4. The first kappa shape index (κ1) is 21.9. The number of nitrogens with one attached hydrogen (secondary N) is 2. The van der Waals surface area contributed by atoms with Gasteiger partial charge < -0.3 is 20.1 Å². The quantitative estimate of drug-likeness (QED) is 0.459. The molecule has 0 spiro atoms. The highest BCUT2D eigenvalue weighted by molar-refractivity contribution is 5.94. The fraction of sp³-hybridized carbons (Fsp3) is 0.200. The van der Waals surface area contributed by atoms with E-state index >= 15 is 0 Å². The summed E-state index contributed by atoms with van der Waals surface area (Å²) in [6, 6.07) is 24.0. The average Bonchev–Trinajstić information content (AvgIpc) is 2.81. The maximum absolute atomic E-state index is 12.3. The summed E-state index contributed by atoms with van der Waals surface area (Å²) in [5.41, 5.74) is 2.95. The van der Waals surface area contributed by atoms with E-state index in [9.17, 15) is 9.59 Å². The van der Waals surface area contributed by atoms with Crippen molar-refractivity contribution in [1.29, 1.82) is 0 Å². The molecule has 0 radical (unpaired) electrons. The summed E-state index contributed by atoms with van der Waals surface area (Å²) in [5, 5.41) is 5.89. The van der Waals surface area contributed by atoms with Crippen LogP contribution in [0, 0.1) is 0 Å². The Morgan fingerprint density at radius 1 is 0.871 bits per heavy atom. The van der Waals surface area contributed by atoms with Crippen molar-refractivity contribution in [2.75, 3.05) is 23.8 Å². The van der Waals surface area contributed by atoms with Gasteiger partial charge >= 0.3 is 5.97 Å². The summed E-state index contributed by atoms with van der Waals surface area (Å²) < 4.78 is 10.9. The summed E-state index contributed by atoms with van der Waals surface area (Å²) in [7, 11) is 0. The fourth-order valence-electron chi connectivity index (χ4n) is 2.79. The SMILES string of the molecule is CCCOC(=O)c1ccc(NCC(=O)Nc2cccc(OCc3ccccc3)c2)cc1. The summed E-state index contributed by atoms with van der Waals surface area (Å²) in [4.78, 5) is 24.1. The van der Waals surface area contributed by atoms with Crippen molar-refractivity contribution >= 4 is 23.3 Å². The van der Waals surface area contributed by atoms with Crippen LogP contribution in [0.3, 0.4) is 0 Å². The molecule has 0 aliphatic carbocycles. The lowest BCUT2D eigenvalue weighted by molar-refractivity contribution is -0.114. The molecule has 0 fully saturated rings. The number of benzene rings is 3. The van der Waals surface area contributed by atoms with Gasteiger partial charge in [-0.25, -0.2) is 4.79 Å². The lowest BCUT2D eigenvalue weighted by atomic mass is 10.2. The van der Waals surface area contributed by atoms with Crippen molar-refractivity contribution in [3.8, 4) is 5.75 Å². The Morgan fingerprint density at radius 2 is 1.65 bits per heavy atom. The average molecular weight is 418 g/mol. The molecule has 3 aromatic rings. The van der Waals surface area contributed by atoms with Crippen molar-refractivity contribution in [1.82, 2.24) is 0 Å². The molecule has 0 heterocycles. The third-order valence-electron chi connectivity index (χ3n) is 4.38. The Kier molecular flexibility index (Phi) is 8.05. The third-order valence-corrected chi connectivity index (χ3v) is 4.38. The lowest BCUT2D eigenvalue weighted by Crippen LogP contribution is -2.21.